The molecule has 0 unspecified atom stereocenters. The zero-order valence-corrected chi connectivity index (χ0v) is 13.0. The minimum atomic E-state index is -0.0819. The highest BCUT2D eigenvalue weighted by molar-refractivity contribution is 9.10. The Morgan fingerprint density at radius 2 is 1.86 bits per heavy atom. The van der Waals surface area contributed by atoms with Gasteiger partial charge in [0, 0.05) is 15.6 Å². The van der Waals surface area contributed by atoms with E-state index in [1.165, 1.54) is 0 Å². The molecule has 0 radical (unpaired) electrons. The summed E-state index contributed by atoms with van der Waals surface area (Å²) < 4.78 is 16.8. The maximum absolute atomic E-state index is 12.6. The number of hydrogen-bond donors (Lipinski definition) is 0. The minimum absolute atomic E-state index is 0.0819. The molecule has 0 fully saturated rings. The predicted molar refractivity (Wildman–Crippen MR) is 81.6 cm³/mol. The van der Waals surface area contributed by atoms with Gasteiger partial charge in [0.25, 0.3) is 0 Å². The third kappa shape index (κ3) is 2.74. The topological polar surface area (TPSA) is 44.8 Å². The lowest BCUT2D eigenvalue weighted by Gasteiger charge is -2.18. The zero-order chi connectivity index (χ0) is 14.8. The molecule has 108 valence electrons. The molecule has 0 spiro atoms. The molecule has 1 heterocycles. The fraction of sp³-hybridized carbons (Fsp3) is 0.188. The lowest BCUT2D eigenvalue weighted by atomic mass is 10.0. The van der Waals surface area contributed by atoms with Crippen LogP contribution in [0.15, 0.2) is 40.9 Å². The van der Waals surface area contributed by atoms with Gasteiger partial charge in [-0.3, -0.25) is 4.79 Å². The number of ketones is 1. The average Bonchev–Trinajstić information content (AvgIpc) is 2.53. The first-order chi connectivity index (χ1) is 10.2. The zero-order valence-electron chi connectivity index (χ0n) is 11.4. The summed E-state index contributed by atoms with van der Waals surface area (Å²) >= 11 is 3.40. The quantitative estimate of drug-likeness (QED) is 0.796. The molecule has 0 saturated carbocycles. The van der Waals surface area contributed by atoms with Gasteiger partial charge in [-0.25, -0.2) is 0 Å². The first-order valence-electron chi connectivity index (χ1n) is 6.47. The molecule has 21 heavy (non-hydrogen) atoms. The van der Waals surface area contributed by atoms with Crippen LogP contribution in [0.5, 0.6) is 17.2 Å². The van der Waals surface area contributed by atoms with Crippen molar-refractivity contribution in [1.82, 2.24) is 0 Å². The highest BCUT2D eigenvalue weighted by atomic mass is 79.9. The van der Waals surface area contributed by atoms with Gasteiger partial charge in [-0.05, 0) is 52.3 Å². The van der Waals surface area contributed by atoms with Gasteiger partial charge < -0.3 is 14.2 Å². The number of rotatable bonds is 3. The number of fused-ring (bicyclic) bond motifs is 1. The van der Waals surface area contributed by atoms with E-state index in [4.69, 9.17) is 14.2 Å². The Hall–Kier alpha value is -2.01. The van der Waals surface area contributed by atoms with Crippen molar-refractivity contribution in [1.29, 1.82) is 0 Å². The van der Waals surface area contributed by atoms with E-state index in [9.17, 15) is 4.79 Å². The Kier molecular flexibility index (Phi) is 3.84. The van der Waals surface area contributed by atoms with Crippen LogP contribution in [-0.4, -0.2) is 26.1 Å². The Bertz CT molecular complexity index is 697. The van der Waals surface area contributed by atoms with Crippen LogP contribution in [0.3, 0.4) is 0 Å². The number of ether oxygens (including phenoxy) is 3. The molecule has 0 amide bonds. The molecule has 2 aromatic rings. The standard InChI is InChI=1S/C16H13BrO4/c1-19-11-3-4-12(13(17)9-11)16(18)10-2-5-14-15(8-10)21-7-6-20-14/h2-5,8-9H,6-7H2,1H3. The van der Waals surface area contributed by atoms with Crippen LogP contribution in [0, 0.1) is 0 Å². The number of carbonyl (C=O) groups excluding carboxylic acids is 1. The van der Waals surface area contributed by atoms with Gasteiger partial charge in [-0.1, -0.05) is 0 Å². The molecule has 1 aliphatic heterocycles. The summed E-state index contributed by atoms with van der Waals surface area (Å²) in [5.74, 6) is 1.89. The number of halogens is 1. The van der Waals surface area contributed by atoms with E-state index in [1.54, 1.807) is 43.5 Å². The largest absolute Gasteiger partial charge is 0.497 e. The maximum atomic E-state index is 12.6. The summed E-state index contributed by atoms with van der Waals surface area (Å²) in [6.45, 7) is 1.03. The van der Waals surface area contributed by atoms with Gasteiger partial charge in [-0.2, -0.15) is 0 Å². The van der Waals surface area contributed by atoms with Crippen LogP contribution in [0.2, 0.25) is 0 Å². The molecule has 4 nitrogen and oxygen atoms in total. The van der Waals surface area contributed by atoms with E-state index in [0.29, 0.717) is 46.1 Å². The molecule has 1 aliphatic rings. The lowest BCUT2D eigenvalue weighted by Crippen LogP contribution is -2.16. The van der Waals surface area contributed by atoms with E-state index in [2.05, 4.69) is 15.9 Å². The van der Waals surface area contributed by atoms with Crippen molar-refractivity contribution < 1.29 is 19.0 Å². The number of methoxy groups -OCH3 is 1. The van der Waals surface area contributed by atoms with Crippen molar-refractivity contribution in [3.63, 3.8) is 0 Å². The van der Waals surface area contributed by atoms with Crippen LogP contribution in [0.1, 0.15) is 15.9 Å². The van der Waals surface area contributed by atoms with Crippen LogP contribution in [0.25, 0.3) is 0 Å². The Morgan fingerprint density at radius 1 is 1.10 bits per heavy atom. The number of benzene rings is 2. The molecule has 3 rings (SSSR count). The summed E-state index contributed by atoms with van der Waals surface area (Å²) in [6.07, 6.45) is 0. The number of carbonyl (C=O) groups is 1. The maximum Gasteiger partial charge on any atom is 0.194 e. The molecule has 0 saturated heterocycles. The summed E-state index contributed by atoms with van der Waals surface area (Å²) in [5.41, 5.74) is 1.14. The van der Waals surface area contributed by atoms with Gasteiger partial charge in [0.1, 0.15) is 19.0 Å². The van der Waals surface area contributed by atoms with Crippen molar-refractivity contribution in [2.24, 2.45) is 0 Å². The van der Waals surface area contributed by atoms with Crippen molar-refractivity contribution in [3.05, 3.63) is 52.0 Å². The summed E-state index contributed by atoms with van der Waals surface area (Å²) in [4.78, 5) is 12.6. The monoisotopic (exact) mass is 348 g/mol. The van der Waals surface area contributed by atoms with Crippen LogP contribution in [0.4, 0.5) is 0 Å². The van der Waals surface area contributed by atoms with E-state index in [1.807, 2.05) is 0 Å². The molecule has 5 heteroatoms. The van der Waals surface area contributed by atoms with Gasteiger partial charge in [0.05, 0.1) is 7.11 Å². The van der Waals surface area contributed by atoms with Crippen molar-refractivity contribution >= 4 is 21.7 Å². The highest BCUT2D eigenvalue weighted by Gasteiger charge is 2.18. The smallest absolute Gasteiger partial charge is 0.194 e. The average molecular weight is 349 g/mol. The third-order valence-electron chi connectivity index (χ3n) is 3.23. The molecule has 0 N–H and O–H groups in total. The van der Waals surface area contributed by atoms with Crippen LogP contribution >= 0.6 is 15.9 Å². The fourth-order valence-electron chi connectivity index (χ4n) is 2.15. The Labute approximate surface area is 130 Å². The minimum Gasteiger partial charge on any atom is -0.497 e. The summed E-state index contributed by atoms with van der Waals surface area (Å²) in [5, 5.41) is 0. The van der Waals surface area contributed by atoms with Crippen LogP contribution in [-0.2, 0) is 0 Å². The Balaban J connectivity index is 1.95. The summed E-state index contributed by atoms with van der Waals surface area (Å²) in [7, 11) is 1.59. The van der Waals surface area contributed by atoms with E-state index >= 15 is 0 Å². The summed E-state index contributed by atoms with van der Waals surface area (Å²) in [6, 6.07) is 10.5. The molecule has 0 aromatic heterocycles. The van der Waals surface area contributed by atoms with Gasteiger partial charge in [-0.15, -0.1) is 0 Å². The van der Waals surface area contributed by atoms with Gasteiger partial charge in [0.2, 0.25) is 0 Å². The molecule has 0 atom stereocenters. The van der Waals surface area contributed by atoms with E-state index < -0.39 is 0 Å². The van der Waals surface area contributed by atoms with Crippen molar-refractivity contribution in [2.75, 3.05) is 20.3 Å². The predicted octanol–water partition coefficient (Wildman–Crippen LogP) is 3.46. The Morgan fingerprint density at radius 3 is 2.57 bits per heavy atom. The molecular formula is C16H13BrO4. The molecular weight excluding hydrogens is 336 g/mol. The lowest BCUT2D eigenvalue weighted by molar-refractivity contribution is 0.103. The van der Waals surface area contributed by atoms with Crippen LogP contribution < -0.4 is 14.2 Å². The molecule has 0 aliphatic carbocycles. The second kappa shape index (κ2) is 5.77. The second-order valence-electron chi connectivity index (χ2n) is 4.53. The van der Waals surface area contributed by atoms with Gasteiger partial charge >= 0.3 is 0 Å². The number of hydrogen-bond acceptors (Lipinski definition) is 4. The molecule has 0 bridgehead atoms. The van der Waals surface area contributed by atoms with E-state index in [-0.39, 0.29) is 5.78 Å². The second-order valence-corrected chi connectivity index (χ2v) is 5.39. The third-order valence-corrected chi connectivity index (χ3v) is 3.88. The fourth-order valence-corrected chi connectivity index (χ4v) is 2.68. The first kappa shape index (κ1) is 13.9. The normalized spacial score (nSPS) is 12.9. The first-order valence-corrected chi connectivity index (χ1v) is 7.26. The van der Waals surface area contributed by atoms with Gasteiger partial charge in [0.15, 0.2) is 17.3 Å². The molecule has 2 aromatic carbocycles. The highest BCUT2D eigenvalue weighted by Crippen LogP contribution is 2.32. The van der Waals surface area contributed by atoms with Crippen molar-refractivity contribution in [2.45, 2.75) is 0 Å². The SMILES string of the molecule is COc1ccc(C(=O)c2ccc3c(c2)OCCO3)c(Br)c1. The van der Waals surface area contributed by atoms with E-state index in [0.717, 1.165) is 0 Å². The van der Waals surface area contributed by atoms with Crippen molar-refractivity contribution in [3.8, 4) is 17.2 Å².